The number of carbonyl (C=O) groups excluding carboxylic acids is 2. The SMILES string of the molecule is CCCNC(=O)[C@H](Cc1ccccc1)N(Cc1ccc(Cl)cc1)C(=O)CN(c1cc(C)ccc1C)S(=O)(=O)c1ccc(C)cc1. The summed E-state index contributed by atoms with van der Waals surface area (Å²) in [6, 6.07) is 27.7. The van der Waals surface area contributed by atoms with E-state index in [1.165, 1.54) is 9.21 Å². The number of hydrogen-bond donors (Lipinski definition) is 1. The van der Waals surface area contributed by atoms with Crippen LogP contribution in [-0.4, -0.2) is 44.3 Å². The first kappa shape index (κ1) is 33.7. The largest absolute Gasteiger partial charge is 0.354 e. The Hall–Kier alpha value is -4.14. The van der Waals surface area contributed by atoms with E-state index < -0.39 is 28.5 Å². The molecule has 236 valence electrons. The van der Waals surface area contributed by atoms with Gasteiger partial charge >= 0.3 is 0 Å². The first-order valence-corrected chi connectivity index (χ1v) is 16.8. The number of rotatable bonds is 13. The third-order valence-corrected chi connectivity index (χ3v) is 9.63. The van der Waals surface area contributed by atoms with Gasteiger partial charge in [0.05, 0.1) is 10.6 Å². The van der Waals surface area contributed by atoms with Crippen LogP contribution in [-0.2, 0) is 32.6 Å². The van der Waals surface area contributed by atoms with Crippen LogP contribution in [0.15, 0.2) is 102 Å². The van der Waals surface area contributed by atoms with Crippen molar-refractivity contribution in [2.24, 2.45) is 0 Å². The van der Waals surface area contributed by atoms with E-state index in [1.807, 2.05) is 70.2 Å². The van der Waals surface area contributed by atoms with Gasteiger partial charge in [-0.2, -0.15) is 0 Å². The highest BCUT2D eigenvalue weighted by atomic mass is 35.5. The van der Waals surface area contributed by atoms with Crippen LogP contribution in [0, 0.1) is 20.8 Å². The van der Waals surface area contributed by atoms with E-state index in [4.69, 9.17) is 11.6 Å². The molecule has 4 rings (SSSR count). The molecule has 0 aliphatic heterocycles. The first-order valence-electron chi connectivity index (χ1n) is 15.0. The second-order valence-corrected chi connectivity index (χ2v) is 13.6. The van der Waals surface area contributed by atoms with Crippen molar-refractivity contribution in [2.45, 2.75) is 58.0 Å². The zero-order chi connectivity index (χ0) is 32.6. The molecule has 0 saturated carbocycles. The standard InChI is InChI=1S/C36H40ClN3O4S/c1-5-21-38-36(42)34(23-29-9-7-6-8-10-29)39(24-30-15-17-31(37)18-16-30)35(41)25-40(33-22-27(3)11-14-28(33)4)45(43,44)32-19-12-26(2)13-20-32/h6-20,22,34H,5,21,23-25H2,1-4H3,(H,38,42)/t34-/m0/s1. The monoisotopic (exact) mass is 645 g/mol. The molecule has 0 aromatic heterocycles. The maximum Gasteiger partial charge on any atom is 0.264 e. The molecule has 1 N–H and O–H groups in total. The van der Waals surface area contributed by atoms with Gasteiger partial charge < -0.3 is 10.2 Å². The number of nitrogens with one attached hydrogen (secondary N) is 1. The fourth-order valence-corrected chi connectivity index (χ4v) is 6.64. The van der Waals surface area contributed by atoms with E-state index in [-0.39, 0.29) is 23.8 Å². The number of sulfonamides is 1. The molecule has 0 saturated heterocycles. The van der Waals surface area contributed by atoms with E-state index in [2.05, 4.69) is 5.32 Å². The van der Waals surface area contributed by atoms with Gasteiger partial charge in [-0.05, 0) is 79.8 Å². The van der Waals surface area contributed by atoms with Gasteiger partial charge in [-0.25, -0.2) is 8.42 Å². The Balaban J connectivity index is 1.82. The number of halogens is 1. The third kappa shape index (κ3) is 8.74. The predicted molar refractivity (Wildman–Crippen MR) is 181 cm³/mol. The summed E-state index contributed by atoms with van der Waals surface area (Å²) in [5, 5.41) is 3.50. The van der Waals surface area contributed by atoms with Crippen LogP contribution in [0.1, 0.15) is 41.2 Å². The van der Waals surface area contributed by atoms with Crippen molar-refractivity contribution in [3.05, 3.63) is 130 Å². The molecule has 0 bridgehead atoms. The molecule has 0 unspecified atom stereocenters. The van der Waals surface area contributed by atoms with Gasteiger partial charge in [0.25, 0.3) is 10.0 Å². The number of nitrogens with zero attached hydrogens (tertiary/aromatic N) is 2. The lowest BCUT2D eigenvalue weighted by atomic mass is 10.0. The first-order chi connectivity index (χ1) is 21.5. The summed E-state index contributed by atoms with van der Waals surface area (Å²) in [6.07, 6.45) is 0.980. The molecular weight excluding hydrogens is 606 g/mol. The van der Waals surface area contributed by atoms with Gasteiger partial charge in [-0.1, -0.05) is 90.8 Å². The van der Waals surface area contributed by atoms with Gasteiger partial charge in [0.15, 0.2) is 0 Å². The van der Waals surface area contributed by atoms with Crippen LogP contribution in [0.5, 0.6) is 0 Å². The minimum absolute atomic E-state index is 0.0765. The predicted octanol–water partition coefficient (Wildman–Crippen LogP) is 6.63. The molecular formula is C36H40ClN3O4S. The normalized spacial score (nSPS) is 11.9. The minimum atomic E-state index is -4.17. The molecule has 45 heavy (non-hydrogen) atoms. The van der Waals surface area contributed by atoms with E-state index in [1.54, 1.807) is 54.6 Å². The summed E-state index contributed by atoms with van der Waals surface area (Å²) in [5.74, 6) is -0.809. The minimum Gasteiger partial charge on any atom is -0.354 e. The summed E-state index contributed by atoms with van der Waals surface area (Å²) in [7, 11) is -4.17. The zero-order valence-electron chi connectivity index (χ0n) is 26.2. The van der Waals surface area contributed by atoms with Crippen molar-refractivity contribution in [1.29, 1.82) is 0 Å². The molecule has 1 atom stereocenters. The molecule has 2 amide bonds. The molecule has 0 aliphatic carbocycles. The van der Waals surface area contributed by atoms with E-state index >= 15 is 0 Å². The summed E-state index contributed by atoms with van der Waals surface area (Å²) < 4.78 is 29.7. The fourth-order valence-electron chi connectivity index (χ4n) is 5.05. The van der Waals surface area contributed by atoms with E-state index in [0.29, 0.717) is 22.8 Å². The number of carbonyl (C=O) groups is 2. The maximum absolute atomic E-state index is 14.6. The van der Waals surface area contributed by atoms with Crippen molar-refractivity contribution in [2.75, 3.05) is 17.4 Å². The molecule has 0 aliphatic rings. The maximum atomic E-state index is 14.6. The average molecular weight is 646 g/mol. The van der Waals surface area contributed by atoms with Crippen LogP contribution in [0.25, 0.3) is 0 Å². The lowest BCUT2D eigenvalue weighted by Crippen LogP contribution is -2.53. The summed E-state index contributed by atoms with van der Waals surface area (Å²) >= 11 is 6.15. The molecule has 0 spiro atoms. The lowest BCUT2D eigenvalue weighted by molar-refractivity contribution is -0.140. The molecule has 4 aromatic rings. The Morgan fingerprint density at radius 3 is 2.11 bits per heavy atom. The topological polar surface area (TPSA) is 86.8 Å². The van der Waals surface area contributed by atoms with E-state index in [9.17, 15) is 18.0 Å². The smallest absolute Gasteiger partial charge is 0.264 e. The number of hydrogen-bond acceptors (Lipinski definition) is 4. The summed E-state index contributed by atoms with van der Waals surface area (Å²) in [6.45, 7) is 7.57. The molecule has 0 radical (unpaired) electrons. The van der Waals surface area contributed by atoms with Crippen molar-refractivity contribution >= 4 is 39.1 Å². The highest BCUT2D eigenvalue weighted by Gasteiger charge is 2.35. The summed E-state index contributed by atoms with van der Waals surface area (Å²) in [4.78, 5) is 29.9. The fraction of sp³-hybridized carbons (Fsp3) is 0.278. The highest BCUT2D eigenvalue weighted by Crippen LogP contribution is 2.29. The third-order valence-electron chi connectivity index (χ3n) is 7.61. The van der Waals surface area contributed by atoms with Crippen molar-refractivity contribution in [1.82, 2.24) is 10.2 Å². The van der Waals surface area contributed by atoms with Crippen molar-refractivity contribution < 1.29 is 18.0 Å². The zero-order valence-corrected chi connectivity index (χ0v) is 27.7. The Labute approximate surface area is 271 Å². The van der Waals surface area contributed by atoms with Gasteiger partial charge in [-0.15, -0.1) is 0 Å². The van der Waals surface area contributed by atoms with Crippen LogP contribution >= 0.6 is 11.6 Å². The number of amides is 2. The van der Waals surface area contributed by atoms with Crippen LogP contribution in [0.2, 0.25) is 5.02 Å². The lowest BCUT2D eigenvalue weighted by Gasteiger charge is -2.34. The van der Waals surface area contributed by atoms with E-state index in [0.717, 1.165) is 28.7 Å². The quantitative estimate of drug-likeness (QED) is 0.177. The van der Waals surface area contributed by atoms with Crippen molar-refractivity contribution in [3.63, 3.8) is 0 Å². The Morgan fingerprint density at radius 2 is 1.47 bits per heavy atom. The highest BCUT2D eigenvalue weighted by molar-refractivity contribution is 7.92. The average Bonchev–Trinajstić information content (AvgIpc) is 3.03. The van der Waals surface area contributed by atoms with Gasteiger partial charge in [-0.3, -0.25) is 13.9 Å². The number of benzene rings is 4. The number of aryl methyl sites for hydroxylation is 3. The Kier molecular flexibility index (Phi) is 11.4. The second-order valence-electron chi connectivity index (χ2n) is 11.3. The van der Waals surface area contributed by atoms with Gasteiger partial charge in [0.1, 0.15) is 12.6 Å². The van der Waals surface area contributed by atoms with Gasteiger partial charge in [0.2, 0.25) is 11.8 Å². The summed E-state index contributed by atoms with van der Waals surface area (Å²) in [5.41, 5.74) is 4.51. The van der Waals surface area contributed by atoms with Crippen LogP contribution in [0.4, 0.5) is 5.69 Å². The number of anilines is 1. The molecule has 9 heteroatoms. The van der Waals surface area contributed by atoms with Crippen LogP contribution in [0.3, 0.4) is 0 Å². The molecule has 0 heterocycles. The molecule has 0 fully saturated rings. The Bertz CT molecular complexity index is 1710. The molecule has 4 aromatic carbocycles. The second kappa shape index (κ2) is 15.2. The molecule has 7 nitrogen and oxygen atoms in total. The van der Waals surface area contributed by atoms with Crippen molar-refractivity contribution in [3.8, 4) is 0 Å². The van der Waals surface area contributed by atoms with Gasteiger partial charge in [0, 0.05) is 24.5 Å². The van der Waals surface area contributed by atoms with Crippen LogP contribution < -0.4 is 9.62 Å². The Morgan fingerprint density at radius 1 is 0.822 bits per heavy atom.